The van der Waals surface area contributed by atoms with Crippen LogP contribution in [0.4, 0.5) is 0 Å². The van der Waals surface area contributed by atoms with Gasteiger partial charge in [0.1, 0.15) is 11.7 Å². The Morgan fingerprint density at radius 2 is 2.00 bits per heavy atom. The highest BCUT2D eigenvalue weighted by molar-refractivity contribution is 5.50. The van der Waals surface area contributed by atoms with Crippen molar-refractivity contribution in [2.45, 2.75) is 71.6 Å². The zero-order valence-corrected chi connectivity index (χ0v) is 14.0. The Labute approximate surface area is 129 Å². The van der Waals surface area contributed by atoms with Gasteiger partial charge < -0.3 is 14.8 Å². The van der Waals surface area contributed by atoms with Gasteiger partial charge in [-0.25, -0.2) is 0 Å². The second-order valence-electron chi connectivity index (χ2n) is 6.63. The van der Waals surface area contributed by atoms with Crippen molar-refractivity contribution in [1.82, 2.24) is 5.32 Å². The molecule has 1 aromatic rings. The quantitative estimate of drug-likeness (QED) is 0.825. The number of hydrogen-bond acceptors (Lipinski definition) is 3. The molecule has 3 nitrogen and oxygen atoms in total. The first kappa shape index (κ1) is 16.2. The molecular formula is C18H29NO2. The number of benzene rings is 1. The number of fused-ring (bicyclic) bond motifs is 1. The molecule has 21 heavy (non-hydrogen) atoms. The summed E-state index contributed by atoms with van der Waals surface area (Å²) in [4.78, 5) is 0. The van der Waals surface area contributed by atoms with E-state index in [1.165, 1.54) is 5.56 Å². The minimum atomic E-state index is -0.126. The lowest BCUT2D eigenvalue weighted by Crippen LogP contribution is -2.36. The van der Waals surface area contributed by atoms with E-state index in [0.29, 0.717) is 6.04 Å². The summed E-state index contributed by atoms with van der Waals surface area (Å²) in [5, 5.41) is 3.56. The second kappa shape index (κ2) is 6.69. The fourth-order valence-electron chi connectivity index (χ4n) is 2.85. The summed E-state index contributed by atoms with van der Waals surface area (Å²) in [6.07, 6.45) is 3.38. The molecule has 0 aliphatic carbocycles. The molecule has 3 heteroatoms. The highest BCUT2D eigenvalue weighted by Gasteiger charge is 2.32. The first-order chi connectivity index (χ1) is 9.95. The van der Waals surface area contributed by atoms with E-state index in [1.54, 1.807) is 0 Å². The third-order valence-corrected chi connectivity index (χ3v) is 4.06. The lowest BCUT2D eigenvalue weighted by molar-refractivity contribution is 0.126. The maximum absolute atomic E-state index is 6.10. The van der Waals surface area contributed by atoms with Crippen LogP contribution in [0.15, 0.2) is 18.2 Å². The zero-order chi connectivity index (χ0) is 15.5. The minimum Gasteiger partial charge on any atom is -0.485 e. The van der Waals surface area contributed by atoms with Crippen molar-refractivity contribution < 1.29 is 9.47 Å². The summed E-state index contributed by atoms with van der Waals surface area (Å²) in [5.74, 6) is 1.80. The van der Waals surface area contributed by atoms with E-state index in [4.69, 9.17) is 9.47 Å². The van der Waals surface area contributed by atoms with Crippen LogP contribution in [0.5, 0.6) is 11.5 Å². The molecule has 0 saturated carbocycles. The van der Waals surface area contributed by atoms with Crippen molar-refractivity contribution in [3.63, 3.8) is 0 Å². The summed E-state index contributed by atoms with van der Waals surface area (Å²) in [6, 6.07) is 6.77. The number of ether oxygens (including phenoxy) is 2. The number of rotatable bonds is 7. The van der Waals surface area contributed by atoms with Crippen LogP contribution in [0.2, 0.25) is 0 Å². The minimum absolute atomic E-state index is 0.126. The van der Waals surface area contributed by atoms with Gasteiger partial charge in [-0.1, -0.05) is 26.0 Å². The Hall–Kier alpha value is -1.22. The van der Waals surface area contributed by atoms with Gasteiger partial charge in [0.2, 0.25) is 0 Å². The fraction of sp³-hybridized carbons (Fsp3) is 0.667. The van der Waals surface area contributed by atoms with Crippen LogP contribution in [-0.4, -0.2) is 24.3 Å². The molecule has 0 aromatic heterocycles. The van der Waals surface area contributed by atoms with E-state index < -0.39 is 0 Å². The van der Waals surface area contributed by atoms with Gasteiger partial charge in [0.05, 0.1) is 0 Å². The van der Waals surface area contributed by atoms with E-state index >= 15 is 0 Å². The molecule has 0 radical (unpaired) electrons. The molecule has 0 amide bonds. The molecule has 0 bridgehead atoms. The van der Waals surface area contributed by atoms with Crippen LogP contribution in [0.25, 0.3) is 0 Å². The summed E-state index contributed by atoms with van der Waals surface area (Å²) in [5.41, 5.74) is 1.12. The van der Waals surface area contributed by atoms with Crippen LogP contribution < -0.4 is 14.8 Å². The normalized spacial score (nSPS) is 17.4. The standard InChI is InChI=1S/C18H29NO2/c1-6-15(7-2)19-12-13(3)20-16-10-8-9-14-11-18(4,5)21-17(14)16/h8-10,13,15,19H,6-7,11-12H2,1-5H3. The van der Waals surface area contributed by atoms with Crippen molar-refractivity contribution in [3.8, 4) is 11.5 Å². The third-order valence-electron chi connectivity index (χ3n) is 4.06. The molecule has 0 fully saturated rings. The number of hydrogen-bond donors (Lipinski definition) is 1. The Bertz CT molecular complexity index is 466. The Morgan fingerprint density at radius 1 is 1.29 bits per heavy atom. The van der Waals surface area contributed by atoms with Gasteiger partial charge in [-0.05, 0) is 39.7 Å². The third kappa shape index (κ3) is 4.13. The van der Waals surface area contributed by atoms with Crippen LogP contribution in [0.3, 0.4) is 0 Å². The summed E-state index contributed by atoms with van der Waals surface area (Å²) < 4.78 is 12.2. The van der Waals surface area contributed by atoms with Gasteiger partial charge in [0, 0.05) is 24.6 Å². The fourth-order valence-corrected chi connectivity index (χ4v) is 2.85. The maximum Gasteiger partial charge on any atom is 0.165 e. The topological polar surface area (TPSA) is 30.5 Å². The van der Waals surface area contributed by atoms with Gasteiger partial charge in [-0.15, -0.1) is 0 Å². The Kier molecular flexibility index (Phi) is 5.15. The average Bonchev–Trinajstić information content (AvgIpc) is 2.75. The molecule has 1 atom stereocenters. The van der Waals surface area contributed by atoms with E-state index in [1.807, 2.05) is 6.07 Å². The molecule has 1 aliphatic rings. The van der Waals surface area contributed by atoms with E-state index in [2.05, 4.69) is 52.1 Å². The Balaban J connectivity index is 1.97. The molecule has 0 spiro atoms. The van der Waals surface area contributed by atoms with Gasteiger partial charge in [0.15, 0.2) is 11.5 Å². The van der Waals surface area contributed by atoms with Crippen LogP contribution in [0, 0.1) is 0 Å². The number of nitrogens with one attached hydrogen (secondary N) is 1. The average molecular weight is 291 g/mol. The van der Waals surface area contributed by atoms with Crippen LogP contribution >= 0.6 is 0 Å². The van der Waals surface area contributed by atoms with Crippen molar-refractivity contribution >= 4 is 0 Å². The molecule has 1 heterocycles. The van der Waals surface area contributed by atoms with E-state index in [0.717, 1.165) is 37.3 Å². The second-order valence-corrected chi connectivity index (χ2v) is 6.63. The molecule has 1 N–H and O–H groups in total. The van der Waals surface area contributed by atoms with E-state index in [9.17, 15) is 0 Å². The highest BCUT2D eigenvalue weighted by Crippen LogP contribution is 2.41. The monoisotopic (exact) mass is 291 g/mol. The van der Waals surface area contributed by atoms with Gasteiger partial charge in [-0.3, -0.25) is 0 Å². The lowest BCUT2D eigenvalue weighted by Gasteiger charge is -2.22. The Morgan fingerprint density at radius 3 is 2.67 bits per heavy atom. The molecule has 1 unspecified atom stereocenters. The first-order valence-electron chi connectivity index (χ1n) is 8.16. The molecule has 118 valence electrons. The van der Waals surface area contributed by atoms with Crippen molar-refractivity contribution in [1.29, 1.82) is 0 Å². The first-order valence-corrected chi connectivity index (χ1v) is 8.16. The summed E-state index contributed by atoms with van der Waals surface area (Å²) >= 11 is 0. The van der Waals surface area contributed by atoms with Crippen LogP contribution in [0.1, 0.15) is 53.0 Å². The zero-order valence-electron chi connectivity index (χ0n) is 14.0. The predicted octanol–water partition coefficient (Wildman–Crippen LogP) is 3.95. The van der Waals surface area contributed by atoms with Gasteiger partial charge >= 0.3 is 0 Å². The molecular weight excluding hydrogens is 262 g/mol. The maximum atomic E-state index is 6.10. The summed E-state index contributed by atoms with van der Waals surface area (Å²) in [6.45, 7) is 11.6. The van der Waals surface area contributed by atoms with Gasteiger partial charge in [0.25, 0.3) is 0 Å². The highest BCUT2D eigenvalue weighted by atomic mass is 16.5. The summed E-state index contributed by atoms with van der Waals surface area (Å²) in [7, 11) is 0. The smallest absolute Gasteiger partial charge is 0.165 e. The molecule has 1 aromatic carbocycles. The molecule has 0 saturated heterocycles. The van der Waals surface area contributed by atoms with Crippen molar-refractivity contribution in [2.75, 3.05) is 6.54 Å². The van der Waals surface area contributed by atoms with Crippen molar-refractivity contribution in [3.05, 3.63) is 23.8 Å². The van der Waals surface area contributed by atoms with Gasteiger partial charge in [-0.2, -0.15) is 0 Å². The number of para-hydroxylation sites is 1. The SMILES string of the molecule is CCC(CC)NCC(C)Oc1cccc2c1OC(C)(C)C2. The largest absolute Gasteiger partial charge is 0.485 e. The molecule has 1 aliphatic heterocycles. The lowest BCUT2D eigenvalue weighted by atomic mass is 10.0. The van der Waals surface area contributed by atoms with Crippen molar-refractivity contribution in [2.24, 2.45) is 0 Å². The van der Waals surface area contributed by atoms with Crippen LogP contribution in [-0.2, 0) is 6.42 Å². The predicted molar refractivity (Wildman–Crippen MR) is 87.3 cm³/mol. The van der Waals surface area contributed by atoms with E-state index in [-0.39, 0.29) is 11.7 Å². The molecule has 2 rings (SSSR count).